The van der Waals surface area contributed by atoms with Gasteiger partial charge < -0.3 is 10.1 Å². The monoisotopic (exact) mass is 576 g/mol. The molecule has 2 amide bonds. The molecule has 42 heavy (non-hydrogen) atoms. The van der Waals surface area contributed by atoms with Gasteiger partial charge in [0, 0.05) is 28.4 Å². The number of benzene rings is 4. The summed E-state index contributed by atoms with van der Waals surface area (Å²) in [6, 6.07) is 21.4. The molecule has 0 bridgehead atoms. The second-order valence-electron chi connectivity index (χ2n) is 8.52. The number of rotatable bonds is 8. The number of nitrogens with one attached hydrogen (secondary N) is 2. The molecule has 4 aromatic carbocycles. The molecule has 2 N–H and O–H groups in total. The van der Waals surface area contributed by atoms with E-state index in [2.05, 4.69) is 15.8 Å². The van der Waals surface area contributed by atoms with Crippen molar-refractivity contribution < 1.29 is 37.2 Å². The second-order valence-corrected chi connectivity index (χ2v) is 8.52. The molecular formula is C29H19F3N4O6. The Balaban J connectivity index is 1.47. The number of hydrazone groups is 1. The summed E-state index contributed by atoms with van der Waals surface area (Å²) >= 11 is 0. The van der Waals surface area contributed by atoms with E-state index < -0.39 is 45.5 Å². The van der Waals surface area contributed by atoms with E-state index in [0.29, 0.717) is 17.3 Å². The third kappa shape index (κ3) is 7.21. The number of para-hydroxylation sites is 1. The standard InChI is InChI=1S/C29H19F3N4O6/c30-29(31,32)22-10-4-8-20(16-22)28(39)42-25-21(9-5-11-24(25)36(40)41)17-33-35-27(38)19-12-14-23(15-13-19)34-26(37)18-6-2-1-3-7-18/h1-17H,(H,34,37)(H,35,38)/b33-17+. The Morgan fingerprint density at radius 2 is 1.45 bits per heavy atom. The van der Waals surface area contributed by atoms with Gasteiger partial charge in [0.2, 0.25) is 5.75 Å². The zero-order valence-electron chi connectivity index (χ0n) is 21.3. The number of hydrogen-bond donors (Lipinski definition) is 2. The summed E-state index contributed by atoms with van der Waals surface area (Å²) in [5.74, 6) is -2.85. The average molecular weight is 576 g/mol. The summed E-state index contributed by atoms with van der Waals surface area (Å²) in [4.78, 5) is 48.1. The smallest absolute Gasteiger partial charge is 0.415 e. The first-order valence-electron chi connectivity index (χ1n) is 12.0. The number of nitrogens with zero attached hydrogens (tertiary/aromatic N) is 2. The lowest BCUT2D eigenvalue weighted by atomic mass is 10.1. The zero-order chi connectivity index (χ0) is 30.3. The molecule has 0 atom stereocenters. The molecule has 212 valence electrons. The third-order valence-electron chi connectivity index (χ3n) is 5.65. The number of alkyl halides is 3. The van der Waals surface area contributed by atoms with Crippen molar-refractivity contribution in [3.05, 3.63) is 135 Å². The maximum Gasteiger partial charge on any atom is 0.416 e. The van der Waals surface area contributed by atoms with Gasteiger partial charge in [0.15, 0.2) is 0 Å². The summed E-state index contributed by atoms with van der Waals surface area (Å²) in [6.07, 6.45) is -3.74. The molecule has 0 saturated heterocycles. The van der Waals surface area contributed by atoms with Crippen LogP contribution in [-0.4, -0.2) is 28.9 Å². The Morgan fingerprint density at radius 1 is 0.810 bits per heavy atom. The van der Waals surface area contributed by atoms with Crippen molar-refractivity contribution in [3.63, 3.8) is 0 Å². The fourth-order valence-corrected chi connectivity index (χ4v) is 3.60. The van der Waals surface area contributed by atoms with E-state index in [-0.39, 0.29) is 17.0 Å². The van der Waals surface area contributed by atoms with Gasteiger partial charge in [0.05, 0.1) is 22.3 Å². The number of nitro benzene ring substituents is 1. The number of carbonyl (C=O) groups excluding carboxylic acids is 3. The van der Waals surface area contributed by atoms with E-state index in [9.17, 15) is 37.7 Å². The van der Waals surface area contributed by atoms with Crippen molar-refractivity contribution in [1.29, 1.82) is 0 Å². The van der Waals surface area contributed by atoms with Crippen LogP contribution in [0.2, 0.25) is 0 Å². The number of hydrogen-bond acceptors (Lipinski definition) is 7. The van der Waals surface area contributed by atoms with Crippen LogP contribution in [0.25, 0.3) is 0 Å². The van der Waals surface area contributed by atoms with Crippen LogP contribution < -0.4 is 15.5 Å². The number of esters is 1. The quantitative estimate of drug-likeness (QED) is 0.0887. The van der Waals surface area contributed by atoms with Crippen LogP contribution in [0.1, 0.15) is 42.2 Å². The summed E-state index contributed by atoms with van der Waals surface area (Å²) in [5, 5.41) is 18.0. The molecule has 0 spiro atoms. The Kier molecular flexibility index (Phi) is 8.71. The molecule has 10 nitrogen and oxygen atoms in total. The molecule has 0 aliphatic rings. The first-order chi connectivity index (χ1) is 20.0. The van der Waals surface area contributed by atoms with E-state index in [1.807, 2.05) is 0 Å². The average Bonchev–Trinajstić information content (AvgIpc) is 2.98. The van der Waals surface area contributed by atoms with Crippen molar-refractivity contribution in [2.45, 2.75) is 6.18 Å². The number of nitro groups is 1. The molecule has 4 rings (SSSR count). The first-order valence-corrected chi connectivity index (χ1v) is 12.0. The van der Waals surface area contributed by atoms with Gasteiger partial charge in [-0.05, 0) is 60.7 Å². The predicted molar refractivity (Wildman–Crippen MR) is 145 cm³/mol. The van der Waals surface area contributed by atoms with Crippen LogP contribution in [0.3, 0.4) is 0 Å². The molecule has 0 aliphatic heterocycles. The van der Waals surface area contributed by atoms with Crippen LogP contribution >= 0.6 is 0 Å². The Morgan fingerprint density at radius 3 is 2.12 bits per heavy atom. The van der Waals surface area contributed by atoms with Crippen molar-refractivity contribution in [2.24, 2.45) is 5.10 Å². The van der Waals surface area contributed by atoms with Gasteiger partial charge in [0.1, 0.15) is 0 Å². The van der Waals surface area contributed by atoms with Gasteiger partial charge in [-0.1, -0.05) is 30.3 Å². The predicted octanol–water partition coefficient (Wildman–Crippen LogP) is 5.85. The minimum absolute atomic E-state index is 0.108. The summed E-state index contributed by atoms with van der Waals surface area (Å²) in [5.41, 5.74) is 0.938. The highest BCUT2D eigenvalue weighted by Crippen LogP contribution is 2.32. The topological polar surface area (TPSA) is 140 Å². The zero-order valence-corrected chi connectivity index (χ0v) is 21.3. The maximum atomic E-state index is 13.0. The minimum Gasteiger partial charge on any atom is -0.415 e. The lowest BCUT2D eigenvalue weighted by Crippen LogP contribution is -2.18. The SMILES string of the molecule is O=C(N/N=C/c1cccc([N+](=O)[O-])c1OC(=O)c1cccc(C(F)(F)F)c1)c1ccc(NC(=O)c2ccccc2)cc1. The largest absolute Gasteiger partial charge is 0.416 e. The Labute approximate surface area is 235 Å². The van der Waals surface area contributed by atoms with Gasteiger partial charge in [-0.15, -0.1) is 0 Å². The fourth-order valence-electron chi connectivity index (χ4n) is 3.60. The third-order valence-corrected chi connectivity index (χ3v) is 5.65. The van der Waals surface area contributed by atoms with E-state index in [4.69, 9.17) is 4.74 Å². The molecule has 0 unspecified atom stereocenters. The highest BCUT2D eigenvalue weighted by molar-refractivity contribution is 6.04. The molecule has 0 saturated carbocycles. The molecular weight excluding hydrogens is 557 g/mol. The van der Waals surface area contributed by atoms with Gasteiger partial charge in [0.25, 0.3) is 11.8 Å². The first kappa shape index (κ1) is 29.1. The number of halogens is 3. The number of anilines is 1. The number of amides is 2. The normalized spacial score (nSPS) is 11.1. The van der Waals surface area contributed by atoms with E-state index in [0.717, 1.165) is 30.5 Å². The van der Waals surface area contributed by atoms with Crippen LogP contribution in [0, 0.1) is 10.1 Å². The van der Waals surface area contributed by atoms with Gasteiger partial charge in [-0.25, -0.2) is 10.2 Å². The van der Waals surface area contributed by atoms with Gasteiger partial charge >= 0.3 is 17.8 Å². The summed E-state index contributed by atoms with van der Waals surface area (Å²) in [7, 11) is 0. The van der Waals surface area contributed by atoms with Crippen LogP contribution in [0.5, 0.6) is 5.75 Å². The fraction of sp³-hybridized carbons (Fsp3) is 0.0345. The molecule has 13 heteroatoms. The summed E-state index contributed by atoms with van der Waals surface area (Å²) in [6.45, 7) is 0. The number of carbonyl (C=O) groups is 3. The van der Waals surface area contributed by atoms with Crippen LogP contribution in [-0.2, 0) is 6.18 Å². The van der Waals surface area contributed by atoms with Crippen molar-refractivity contribution in [3.8, 4) is 5.75 Å². The van der Waals surface area contributed by atoms with Crippen molar-refractivity contribution in [1.82, 2.24) is 5.43 Å². The van der Waals surface area contributed by atoms with E-state index >= 15 is 0 Å². The van der Waals surface area contributed by atoms with Gasteiger partial charge in [-0.3, -0.25) is 19.7 Å². The minimum atomic E-state index is -4.72. The molecule has 4 aromatic rings. The lowest BCUT2D eigenvalue weighted by molar-refractivity contribution is -0.385. The molecule has 0 aliphatic carbocycles. The van der Waals surface area contributed by atoms with Crippen molar-refractivity contribution in [2.75, 3.05) is 5.32 Å². The summed E-state index contributed by atoms with van der Waals surface area (Å²) < 4.78 is 44.3. The van der Waals surface area contributed by atoms with E-state index in [1.54, 1.807) is 30.3 Å². The number of ether oxygens (including phenoxy) is 1. The highest BCUT2D eigenvalue weighted by atomic mass is 19.4. The molecule has 0 heterocycles. The van der Waals surface area contributed by atoms with Crippen LogP contribution in [0.15, 0.2) is 102 Å². The highest BCUT2D eigenvalue weighted by Gasteiger charge is 2.31. The van der Waals surface area contributed by atoms with Gasteiger partial charge in [-0.2, -0.15) is 18.3 Å². The lowest BCUT2D eigenvalue weighted by Gasteiger charge is -2.10. The Hall–Kier alpha value is -5.85. The molecule has 0 aromatic heterocycles. The molecule has 0 fully saturated rings. The Bertz CT molecular complexity index is 1670. The second kappa shape index (κ2) is 12.6. The maximum absolute atomic E-state index is 13.0. The van der Waals surface area contributed by atoms with Crippen molar-refractivity contribution >= 4 is 35.4 Å². The molecule has 0 radical (unpaired) electrons. The van der Waals surface area contributed by atoms with E-state index in [1.165, 1.54) is 36.4 Å². The van der Waals surface area contributed by atoms with Crippen LogP contribution in [0.4, 0.5) is 24.5 Å².